The number of aromatic nitrogens is 2. The zero-order valence-electron chi connectivity index (χ0n) is 13.7. The molecule has 2 aromatic carbocycles. The van der Waals surface area contributed by atoms with Crippen LogP contribution in [0, 0.1) is 5.82 Å². The van der Waals surface area contributed by atoms with E-state index in [1.807, 2.05) is 18.2 Å². The molecule has 0 fully saturated rings. The highest BCUT2D eigenvalue weighted by Crippen LogP contribution is 2.28. The number of hydrazone groups is 1. The normalized spacial score (nSPS) is 10.9. The van der Waals surface area contributed by atoms with E-state index in [1.54, 1.807) is 19.2 Å². The fourth-order valence-corrected chi connectivity index (χ4v) is 2.49. The van der Waals surface area contributed by atoms with Crippen LogP contribution in [0.3, 0.4) is 0 Å². The van der Waals surface area contributed by atoms with E-state index >= 15 is 0 Å². The summed E-state index contributed by atoms with van der Waals surface area (Å²) in [7, 11) is 1.56. The minimum Gasteiger partial charge on any atom is -0.496 e. The first kappa shape index (κ1) is 17.6. The molecule has 26 heavy (non-hydrogen) atoms. The lowest BCUT2D eigenvalue weighted by Gasteiger charge is -2.04. The Kier molecular flexibility index (Phi) is 5.28. The maximum Gasteiger partial charge on any atom is 0.289 e. The summed E-state index contributed by atoms with van der Waals surface area (Å²) in [5.74, 6) is -0.420. The number of benzene rings is 2. The molecular formula is C18H14ClFN4O2. The van der Waals surface area contributed by atoms with Gasteiger partial charge in [0.05, 0.1) is 24.0 Å². The lowest BCUT2D eigenvalue weighted by atomic mass is 10.1. The number of nitrogens with one attached hydrogen (secondary N) is 2. The van der Waals surface area contributed by atoms with Crippen LogP contribution in [0.4, 0.5) is 4.39 Å². The third-order valence-electron chi connectivity index (χ3n) is 3.56. The van der Waals surface area contributed by atoms with E-state index in [2.05, 4.69) is 20.7 Å². The van der Waals surface area contributed by atoms with Crippen molar-refractivity contribution in [3.8, 4) is 17.0 Å². The van der Waals surface area contributed by atoms with Gasteiger partial charge < -0.3 is 4.74 Å². The van der Waals surface area contributed by atoms with Gasteiger partial charge in [-0.2, -0.15) is 10.2 Å². The molecule has 0 radical (unpaired) electrons. The maximum absolute atomic E-state index is 13.6. The minimum absolute atomic E-state index is 0.0915. The van der Waals surface area contributed by atoms with Crippen molar-refractivity contribution in [1.29, 1.82) is 0 Å². The Morgan fingerprint density at radius 1 is 1.31 bits per heavy atom. The van der Waals surface area contributed by atoms with Crippen LogP contribution in [0.25, 0.3) is 11.3 Å². The molecule has 0 saturated carbocycles. The SMILES string of the molecule is COc1ccccc1-c1cc(C(=O)N/N=C/c2c(F)cccc2Cl)[nH]n1. The maximum atomic E-state index is 13.6. The first-order valence-corrected chi connectivity index (χ1v) is 7.94. The van der Waals surface area contributed by atoms with Gasteiger partial charge in [0.15, 0.2) is 0 Å². The van der Waals surface area contributed by atoms with Crippen molar-refractivity contribution in [3.63, 3.8) is 0 Å². The van der Waals surface area contributed by atoms with Crippen molar-refractivity contribution in [2.45, 2.75) is 0 Å². The molecule has 1 amide bonds. The zero-order valence-corrected chi connectivity index (χ0v) is 14.4. The summed E-state index contributed by atoms with van der Waals surface area (Å²) in [6, 6.07) is 13.1. The number of rotatable bonds is 5. The summed E-state index contributed by atoms with van der Waals surface area (Å²) in [6.45, 7) is 0. The lowest BCUT2D eigenvalue weighted by molar-refractivity contribution is 0.0950. The van der Waals surface area contributed by atoms with E-state index in [1.165, 1.54) is 18.2 Å². The summed E-state index contributed by atoms with van der Waals surface area (Å²) in [5.41, 5.74) is 3.88. The number of carbonyl (C=O) groups is 1. The number of hydrogen-bond donors (Lipinski definition) is 2. The van der Waals surface area contributed by atoms with E-state index in [0.717, 1.165) is 11.8 Å². The molecular weight excluding hydrogens is 359 g/mol. The van der Waals surface area contributed by atoms with Crippen molar-refractivity contribution >= 4 is 23.7 Å². The average molecular weight is 373 g/mol. The smallest absolute Gasteiger partial charge is 0.289 e. The highest BCUT2D eigenvalue weighted by Gasteiger charge is 2.13. The molecule has 6 nitrogen and oxygen atoms in total. The second-order valence-corrected chi connectivity index (χ2v) is 5.61. The molecule has 3 rings (SSSR count). The molecule has 0 aliphatic heterocycles. The minimum atomic E-state index is -0.532. The number of hydrogen-bond acceptors (Lipinski definition) is 4. The summed E-state index contributed by atoms with van der Waals surface area (Å²) >= 11 is 5.89. The lowest BCUT2D eigenvalue weighted by Crippen LogP contribution is -2.18. The molecule has 2 N–H and O–H groups in total. The third kappa shape index (κ3) is 3.73. The van der Waals surface area contributed by atoms with E-state index in [-0.39, 0.29) is 16.3 Å². The molecule has 0 bridgehead atoms. The van der Waals surface area contributed by atoms with Crippen molar-refractivity contribution in [3.05, 3.63) is 70.6 Å². The van der Waals surface area contributed by atoms with Gasteiger partial charge in [-0.15, -0.1) is 0 Å². The number of H-pyrrole nitrogens is 1. The number of amides is 1. The Balaban J connectivity index is 1.74. The number of para-hydroxylation sites is 1. The number of methoxy groups -OCH3 is 1. The number of aromatic amines is 1. The monoisotopic (exact) mass is 372 g/mol. The highest BCUT2D eigenvalue weighted by molar-refractivity contribution is 6.33. The van der Waals surface area contributed by atoms with E-state index < -0.39 is 11.7 Å². The van der Waals surface area contributed by atoms with Crippen molar-refractivity contribution in [2.75, 3.05) is 7.11 Å². The third-order valence-corrected chi connectivity index (χ3v) is 3.89. The van der Waals surface area contributed by atoms with Crippen LogP contribution in [0.1, 0.15) is 16.1 Å². The van der Waals surface area contributed by atoms with Gasteiger partial charge in [-0.25, -0.2) is 9.82 Å². The Morgan fingerprint density at radius 3 is 2.88 bits per heavy atom. The van der Waals surface area contributed by atoms with Gasteiger partial charge >= 0.3 is 0 Å². The van der Waals surface area contributed by atoms with E-state index in [9.17, 15) is 9.18 Å². The highest BCUT2D eigenvalue weighted by atomic mass is 35.5. The molecule has 1 heterocycles. The van der Waals surface area contributed by atoms with Gasteiger partial charge in [-0.1, -0.05) is 29.8 Å². The molecule has 8 heteroatoms. The summed E-state index contributed by atoms with van der Waals surface area (Å²) in [5, 5.41) is 10.7. The summed E-state index contributed by atoms with van der Waals surface area (Å²) in [6.07, 6.45) is 1.15. The second kappa shape index (κ2) is 7.79. The van der Waals surface area contributed by atoms with Crippen LogP contribution in [-0.2, 0) is 0 Å². The zero-order chi connectivity index (χ0) is 18.5. The molecule has 132 valence electrons. The first-order valence-electron chi connectivity index (χ1n) is 7.56. The van der Waals surface area contributed by atoms with Crippen LogP contribution < -0.4 is 10.2 Å². The van der Waals surface area contributed by atoms with Crippen molar-refractivity contribution < 1.29 is 13.9 Å². The summed E-state index contributed by atoms with van der Waals surface area (Å²) < 4.78 is 18.9. The molecule has 0 saturated heterocycles. The van der Waals surface area contributed by atoms with E-state index in [4.69, 9.17) is 16.3 Å². The Morgan fingerprint density at radius 2 is 2.12 bits per heavy atom. The van der Waals surface area contributed by atoms with Crippen LogP contribution in [0.5, 0.6) is 5.75 Å². The fraction of sp³-hybridized carbons (Fsp3) is 0.0556. The van der Waals surface area contributed by atoms with E-state index in [0.29, 0.717) is 11.4 Å². The molecule has 0 spiro atoms. The Bertz CT molecular complexity index is 951. The number of halogens is 2. The van der Waals surface area contributed by atoms with Crippen molar-refractivity contribution in [1.82, 2.24) is 15.6 Å². The fourth-order valence-electron chi connectivity index (χ4n) is 2.28. The number of nitrogens with zero attached hydrogens (tertiary/aromatic N) is 2. The van der Waals surface area contributed by atoms with Gasteiger partial charge in [0, 0.05) is 11.1 Å². The molecule has 0 atom stereocenters. The molecule has 3 aromatic rings. The second-order valence-electron chi connectivity index (χ2n) is 5.20. The topological polar surface area (TPSA) is 79.4 Å². The van der Waals surface area contributed by atoms with Crippen LogP contribution in [0.15, 0.2) is 53.6 Å². The molecule has 1 aromatic heterocycles. The standard InChI is InChI=1S/C18H14ClFN4O2/c1-26-17-8-3-2-5-11(17)15-9-16(23-22-15)18(25)24-21-10-12-13(19)6-4-7-14(12)20/h2-10H,1H3,(H,22,23)(H,24,25)/b21-10+. The van der Waals surface area contributed by atoms with Crippen molar-refractivity contribution in [2.24, 2.45) is 5.10 Å². The molecule has 0 aliphatic rings. The first-order chi connectivity index (χ1) is 12.6. The predicted octanol–water partition coefficient (Wildman–Crippen LogP) is 3.64. The molecule has 0 aliphatic carbocycles. The van der Waals surface area contributed by atoms with Gasteiger partial charge in [0.25, 0.3) is 5.91 Å². The largest absolute Gasteiger partial charge is 0.496 e. The quantitative estimate of drug-likeness (QED) is 0.530. The summed E-state index contributed by atoms with van der Waals surface area (Å²) in [4.78, 5) is 12.1. The number of ether oxygens (including phenoxy) is 1. The van der Waals surface area contributed by atoms with Crippen LogP contribution in [0.2, 0.25) is 5.02 Å². The Hall–Kier alpha value is -3.19. The van der Waals surface area contributed by atoms with Gasteiger partial charge in [-0.3, -0.25) is 9.89 Å². The van der Waals surface area contributed by atoms with Crippen LogP contribution in [-0.4, -0.2) is 29.4 Å². The average Bonchev–Trinajstić information content (AvgIpc) is 3.14. The van der Waals surface area contributed by atoms with Crippen LogP contribution >= 0.6 is 11.6 Å². The van der Waals surface area contributed by atoms with Gasteiger partial charge in [0.2, 0.25) is 0 Å². The molecule has 0 unspecified atom stereocenters. The predicted molar refractivity (Wildman–Crippen MR) is 97.0 cm³/mol. The van der Waals surface area contributed by atoms with Gasteiger partial charge in [-0.05, 0) is 30.3 Å². The number of carbonyl (C=O) groups excluding carboxylic acids is 1. The van der Waals surface area contributed by atoms with Gasteiger partial charge in [0.1, 0.15) is 17.3 Å². The Labute approximate surface area is 153 Å².